The van der Waals surface area contributed by atoms with Crippen LogP contribution in [0, 0.1) is 6.92 Å². The van der Waals surface area contributed by atoms with Gasteiger partial charge in [0.2, 0.25) is 5.91 Å². The molecule has 1 aromatic rings. The van der Waals surface area contributed by atoms with Crippen LogP contribution in [0.1, 0.15) is 31.3 Å². The van der Waals surface area contributed by atoms with Gasteiger partial charge in [0.25, 0.3) is 0 Å². The van der Waals surface area contributed by atoms with Gasteiger partial charge < -0.3 is 10.6 Å². The Kier molecular flexibility index (Phi) is 5.03. The molecule has 0 radical (unpaired) electrons. The lowest BCUT2D eigenvalue weighted by Gasteiger charge is -2.39. The summed E-state index contributed by atoms with van der Waals surface area (Å²) in [7, 11) is 0. The first-order chi connectivity index (χ1) is 9.65. The monoisotopic (exact) mass is 277 g/mol. The van der Waals surface area contributed by atoms with E-state index >= 15 is 0 Å². The molecule has 20 heavy (non-hydrogen) atoms. The zero-order valence-electron chi connectivity index (χ0n) is 12.4. The van der Waals surface area contributed by atoms with Gasteiger partial charge in [-0.1, -0.05) is 0 Å². The Balaban J connectivity index is 2.19. The molecular weight excluding hydrogens is 254 g/mol. The molecule has 1 amide bonds. The van der Waals surface area contributed by atoms with E-state index in [2.05, 4.69) is 32.4 Å². The van der Waals surface area contributed by atoms with E-state index in [9.17, 15) is 4.79 Å². The van der Waals surface area contributed by atoms with Gasteiger partial charge in [-0.05, 0) is 20.8 Å². The standard InChI is InChI=1S/C14H23N5O/c1-4-16-14(20)12-9-15-7-8-19(12)11(3)13-10(2)17-5-6-18-13/h5-6,11-12,15H,4,7-9H2,1-3H3,(H,16,20). The van der Waals surface area contributed by atoms with Gasteiger partial charge in [-0.3, -0.25) is 19.7 Å². The second-order valence-corrected chi connectivity index (χ2v) is 5.06. The fraction of sp³-hybridized carbons (Fsp3) is 0.643. The van der Waals surface area contributed by atoms with E-state index in [0.29, 0.717) is 13.1 Å². The Bertz CT molecular complexity index is 465. The molecule has 1 fully saturated rings. The van der Waals surface area contributed by atoms with Gasteiger partial charge in [0.15, 0.2) is 0 Å². The molecule has 0 aromatic carbocycles. The van der Waals surface area contributed by atoms with Crippen molar-refractivity contribution >= 4 is 5.91 Å². The van der Waals surface area contributed by atoms with Gasteiger partial charge in [0.05, 0.1) is 17.4 Å². The molecule has 0 saturated carbocycles. The van der Waals surface area contributed by atoms with Crippen molar-refractivity contribution in [3.05, 3.63) is 23.8 Å². The maximum atomic E-state index is 12.2. The quantitative estimate of drug-likeness (QED) is 0.826. The van der Waals surface area contributed by atoms with Gasteiger partial charge in [0, 0.05) is 38.6 Å². The van der Waals surface area contributed by atoms with Crippen LogP contribution in [-0.2, 0) is 4.79 Å². The highest BCUT2D eigenvalue weighted by Crippen LogP contribution is 2.23. The lowest BCUT2D eigenvalue weighted by molar-refractivity contribution is -0.128. The molecule has 0 bridgehead atoms. The number of nitrogens with one attached hydrogen (secondary N) is 2. The molecule has 6 heteroatoms. The topological polar surface area (TPSA) is 70.2 Å². The Morgan fingerprint density at radius 1 is 1.55 bits per heavy atom. The molecule has 0 aliphatic carbocycles. The summed E-state index contributed by atoms with van der Waals surface area (Å²) < 4.78 is 0. The van der Waals surface area contributed by atoms with Gasteiger partial charge in [0.1, 0.15) is 6.04 Å². The largest absolute Gasteiger partial charge is 0.355 e. The minimum Gasteiger partial charge on any atom is -0.355 e. The van der Waals surface area contributed by atoms with Crippen LogP contribution >= 0.6 is 0 Å². The van der Waals surface area contributed by atoms with E-state index in [1.165, 1.54) is 0 Å². The minimum atomic E-state index is -0.153. The summed E-state index contributed by atoms with van der Waals surface area (Å²) in [6.07, 6.45) is 3.41. The maximum Gasteiger partial charge on any atom is 0.238 e. The highest BCUT2D eigenvalue weighted by atomic mass is 16.2. The zero-order valence-corrected chi connectivity index (χ0v) is 12.4. The summed E-state index contributed by atoms with van der Waals surface area (Å²) in [6.45, 7) is 9.04. The second kappa shape index (κ2) is 6.76. The molecule has 1 aliphatic heterocycles. The number of hydrogen-bond donors (Lipinski definition) is 2. The van der Waals surface area contributed by atoms with E-state index in [0.717, 1.165) is 24.5 Å². The van der Waals surface area contributed by atoms with E-state index in [1.54, 1.807) is 12.4 Å². The van der Waals surface area contributed by atoms with Crippen LogP contribution in [0.5, 0.6) is 0 Å². The summed E-state index contributed by atoms with van der Waals surface area (Å²) in [5.41, 5.74) is 1.87. The molecule has 2 rings (SSSR count). The zero-order chi connectivity index (χ0) is 14.5. The molecular formula is C14H23N5O. The number of nitrogens with zero attached hydrogens (tertiary/aromatic N) is 3. The average molecular weight is 277 g/mol. The number of aromatic nitrogens is 2. The first-order valence-electron chi connectivity index (χ1n) is 7.16. The first-order valence-corrected chi connectivity index (χ1v) is 7.16. The molecule has 0 spiro atoms. The van der Waals surface area contributed by atoms with Gasteiger partial charge >= 0.3 is 0 Å². The Morgan fingerprint density at radius 3 is 3.00 bits per heavy atom. The van der Waals surface area contributed by atoms with E-state index < -0.39 is 0 Å². The Labute approximate surface area is 120 Å². The number of likely N-dealkylation sites (N-methyl/N-ethyl adjacent to an activating group) is 1. The van der Waals surface area contributed by atoms with Crippen molar-refractivity contribution in [1.29, 1.82) is 0 Å². The predicted molar refractivity (Wildman–Crippen MR) is 77.2 cm³/mol. The van der Waals surface area contributed by atoms with Crippen molar-refractivity contribution in [1.82, 2.24) is 25.5 Å². The van der Waals surface area contributed by atoms with Crippen LogP contribution < -0.4 is 10.6 Å². The van der Waals surface area contributed by atoms with E-state index in [4.69, 9.17) is 0 Å². The summed E-state index contributed by atoms with van der Waals surface area (Å²) in [5, 5.41) is 6.20. The summed E-state index contributed by atoms with van der Waals surface area (Å²) in [5.74, 6) is 0.0769. The van der Waals surface area contributed by atoms with Crippen LogP contribution in [0.4, 0.5) is 0 Å². The summed E-state index contributed by atoms with van der Waals surface area (Å²) in [4.78, 5) is 23.1. The van der Waals surface area contributed by atoms with Gasteiger partial charge in [-0.25, -0.2) is 0 Å². The molecule has 1 saturated heterocycles. The molecule has 110 valence electrons. The number of carbonyl (C=O) groups excluding carboxylic acids is 1. The number of aryl methyl sites for hydroxylation is 1. The van der Waals surface area contributed by atoms with Gasteiger partial charge in [-0.2, -0.15) is 0 Å². The third-order valence-electron chi connectivity index (χ3n) is 3.75. The van der Waals surface area contributed by atoms with E-state index in [-0.39, 0.29) is 18.0 Å². The van der Waals surface area contributed by atoms with E-state index in [1.807, 2.05) is 13.8 Å². The number of amides is 1. The predicted octanol–water partition coefficient (Wildman–Crippen LogP) is 0.256. The van der Waals surface area contributed by atoms with Crippen molar-refractivity contribution in [2.24, 2.45) is 0 Å². The summed E-state index contributed by atoms with van der Waals surface area (Å²) >= 11 is 0. The smallest absolute Gasteiger partial charge is 0.238 e. The first kappa shape index (κ1) is 14.9. The number of carbonyl (C=O) groups is 1. The van der Waals surface area contributed by atoms with Crippen molar-refractivity contribution in [3.8, 4) is 0 Å². The van der Waals surface area contributed by atoms with Crippen LogP contribution in [0.25, 0.3) is 0 Å². The second-order valence-electron chi connectivity index (χ2n) is 5.06. The minimum absolute atomic E-state index is 0.0769. The fourth-order valence-corrected chi connectivity index (χ4v) is 2.70. The third kappa shape index (κ3) is 3.13. The SMILES string of the molecule is CCNC(=O)C1CNCCN1C(C)c1nccnc1C. The molecule has 1 aliphatic rings. The average Bonchev–Trinajstić information content (AvgIpc) is 2.47. The van der Waals surface area contributed by atoms with Crippen molar-refractivity contribution in [3.63, 3.8) is 0 Å². The van der Waals surface area contributed by atoms with Crippen molar-refractivity contribution in [2.75, 3.05) is 26.2 Å². The van der Waals surface area contributed by atoms with Gasteiger partial charge in [-0.15, -0.1) is 0 Å². The molecule has 2 N–H and O–H groups in total. The fourth-order valence-electron chi connectivity index (χ4n) is 2.70. The highest BCUT2D eigenvalue weighted by molar-refractivity contribution is 5.82. The molecule has 6 nitrogen and oxygen atoms in total. The molecule has 2 atom stereocenters. The lowest BCUT2D eigenvalue weighted by Crippen LogP contribution is -2.58. The third-order valence-corrected chi connectivity index (χ3v) is 3.75. The Hall–Kier alpha value is -1.53. The lowest BCUT2D eigenvalue weighted by atomic mass is 10.1. The van der Waals surface area contributed by atoms with Crippen molar-refractivity contribution < 1.29 is 4.79 Å². The van der Waals surface area contributed by atoms with Crippen LogP contribution in [0.3, 0.4) is 0 Å². The Morgan fingerprint density at radius 2 is 2.30 bits per heavy atom. The number of piperazine rings is 1. The summed E-state index contributed by atoms with van der Waals surface area (Å²) in [6, 6.07) is -0.0708. The normalized spacial score (nSPS) is 21.4. The van der Waals surface area contributed by atoms with Crippen LogP contribution in [-0.4, -0.2) is 53.0 Å². The van der Waals surface area contributed by atoms with Crippen LogP contribution in [0.15, 0.2) is 12.4 Å². The highest BCUT2D eigenvalue weighted by Gasteiger charge is 2.33. The molecule has 2 heterocycles. The number of hydrogen-bond acceptors (Lipinski definition) is 5. The number of rotatable bonds is 4. The van der Waals surface area contributed by atoms with Crippen molar-refractivity contribution in [2.45, 2.75) is 32.9 Å². The maximum absolute atomic E-state index is 12.2. The molecule has 1 aromatic heterocycles. The molecule has 2 unspecified atom stereocenters. The van der Waals surface area contributed by atoms with Crippen LogP contribution in [0.2, 0.25) is 0 Å².